The minimum Gasteiger partial charge on any atom is -0.356 e. The second kappa shape index (κ2) is 10.5. The van der Waals surface area contributed by atoms with E-state index in [1.165, 1.54) is 19.1 Å². The van der Waals surface area contributed by atoms with Gasteiger partial charge < -0.3 is 20.9 Å². The molecule has 35 heavy (non-hydrogen) atoms. The number of anilines is 2. The van der Waals surface area contributed by atoms with E-state index in [1.54, 1.807) is 42.6 Å². The fraction of sp³-hybridized carbons (Fsp3) is 0.120. The second-order valence-electron chi connectivity index (χ2n) is 7.77. The number of nitrogens with zero attached hydrogens (tertiary/aromatic N) is 1. The molecule has 0 spiro atoms. The number of para-hydroxylation sites is 1. The summed E-state index contributed by atoms with van der Waals surface area (Å²) in [4.78, 5) is 43.5. The van der Waals surface area contributed by atoms with E-state index in [0.717, 1.165) is 0 Å². The summed E-state index contributed by atoms with van der Waals surface area (Å²) in [6.45, 7) is 1.88. The standard InChI is InChI=1S/C25H21BrFN5O3/c1-14(33)28-8-7-17-10-22-15(13-29-17)9-19(24(34)31-22)18-11-23(21(27)12-20(18)26)32-25(35)30-16-5-3-2-4-6-16/h2-6,9-13H,7-8H2,1H3,(H,28,33)(H,31,34)(H2,30,32,35). The molecule has 0 radical (unpaired) electrons. The van der Waals surface area contributed by atoms with Crippen LogP contribution in [0.2, 0.25) is 0 Å². The highest BCUT2D eigenvalue weighted by Gasteiger charge is 2.16. The predicted octanol–water partition coefficient (Wildman–Crippen LogP) is 4.81. The van der Waals surface area contributed by atoms with Crippen LogP contribution in [0.4, 0.5) is 20.6 Å². The number of aromatic amines is 1. The number of H-pyrrole nitrogens is 1. The first-order chi connectivity index (χ1) is 16.8. The zero-order valence-corrected chi connectivity index (χ0v) is 20.2. The molecule has 0 atom stereocenters. The molecule has 0 aliphatic heterocycles. The molecule has 4 N–H and O–H groups in total. The van der Waals surface area contributed by atoms with Gasteiger partial charge in [-0.1, -0.05) is 34.1 Å². The smallest absolute Gasteiger partial charge is 0.323 e. The normalized spacial score (nSPS) is 10.7. The van der Waals surface area contributed by atoms with Crippen LogP contribution in [0.5, 0.6) is 0 Å². The Hall–Kier alpha value is -4.05. The number of rotatable bonds is 6. The summed E-state index contributed by atoms with van der Waals surface area (Å²) in [7, 11) is 0. The number of carbonyl (C=O) groups excluding carboxylic acids is 2. The van der Waals surface area contributed by atoms with Crippen molar-refractivity contribution in [3.63, 3.8) is 0 Å². The Morgan fingerprint density at radius 2 is 1.83 bits per heavy atom. The Kier molecular flexibility index (Phi) is 7.21. The van der Waals surface area contributed by atoms with Gasteiger partial charge >= 0.3 is 6.03 Å². The Bertz CT molecular complexity index is 1470. The Morgan fingerprint density at radius 1 is 1.06 bits per heavy atom. The van der Waals surface area contributed by atoms with Crippen molar-refractivity contribution in [2.75, 3.05) is 17.2 Å². The first-order valence-corrected chi connectivity index (χ1v) is 11.5. The molecule has 0 saturated carbocycles. The zero-order valence-electron chi connectivity index (χ0n) is 18.6. The van der Waals surface area contributed by atoms with Crippen LogP contribution in [0.1, 0.15) is 12.6 Å². The molecule has 178 valence electrons. The molecule has 0 aliphatic rings. The molecule has 0 fully saturated rings. The summed E-state index contributed by atoms with van der Waals surface area (Å²) >= 11 is 3.32. The Balaban J connectivity index is 1.62. The van der Waals surface area contributed by atoms with E-state index >= 15 is 0 Å². The molecule has 4 rings (SSSR count). The maximum atomic E-state index is 14.6. The van der Waals surface area contributed by atoms with Crippen LogP contribution < -0.4 is 21.5 Å². The van der Waals surface area contributed by atoms with Crippen molar-refractivity contribution in [2.24, 2.45) is 0 Å². The summed E-state index contributed by atoms with van der Waals surface area (Å²) in [6.07, 6.45) is 2.14. The van der Waals surface area contributed by atoms with Crippen LogP contribution in [0, 0.1) is 5.82 Å². The highest BCUT2D eigenvalue weighted by atomic mass is 79.9. The molecule has 0 bridgehead atoms. The number of carbonyl (C=O) groups is 2. The van der Waals surface area contributed by atoms with Gasteiger partial charge in [0.25, 0.3) is 5.56 Å². The van der Waals surface area contributed by atoms with Crippen LogP contribution in [-0.2, 0) is 11.2 Å². The third kappa shape index (κ3) is 5.90. The van der Waals surface area contributed by atoms with Gasteiger partial charge in [0, 0.05) is 58.5 Å². The third-order valence-corrected chi connectivity index (χ3v) is 5.82. The van der Waals surface area contributed by atoms with Gasteiger partial charge in [-0.05, 0) is 36.4 Å². The molecule has 2 aromatic carbocycles. The van der Waals surface area contributed by atoms with Gasteiger partial charge in [-0.2, -0.15) is 0 Å². The fourth-order valence-electron chi connectivity index (χ4n) is 3.50. The number of fused-ring (bicyclic) bond motifs is 1. The minimum atomic E-state index is -0.661. The molecule has 4 aromatic rings. The van der Waals surface area contributed by atoms with Gasteiger partial charge in [0.05, 0.1) is 11.2 Å². The van der Waals surface area contributed by atoms with Crippen molar-refractivity contribution >= 4 is 50.1 Å². The molecule has 2 aromatic heterocycles. The largest absolute Gasteiger partial charge is 0.356 e. The monoisotopic (exact) mass is 537 g/mol. The van der Waals surface area contributed by atoms with Crippen molar-refractivity contribution in [1.82, 2.24) is 15.3 Å². The fourth-order valence-corrected chi connectivity index (χ4v) is 4.03. The van der Waals surface area contributed by atoms with Gasteiger partial charge in [-0.15, -0.1) is 0 Å². The molecule has 10 heteroatoms. The summed E-state index contributed by atoms with van der Waals surface area (Å²) in [5.74, 6) is -0.786. The molecular weight excluding hydrogens is 517 g/mol. The predicted molar refractivity (Wildman–Crippen MR) is 137 cm³/mol. The highest BCUT2D eigenvalue weighted by Crippen LogP contribution is 2.32. The number of urea groups is 1. The van der Waals surface area contributed by atoms with Crippen LogP contribution in [-0.4, -0.2) is 28.5 Å². The van der Waals surface area contributed by atoms with E-state index in [0.29, 0.717) is 45.3 Å². The molecular formula is C25H21BrFN5O3. The quantitative estimate of drug-likeness (QED) is 0.282. The van der Waals surface area contributed by atoms with Gasteiger partial charge in [-0.25, -0.2) is 9.18 Å². The van der Waals surface area contributed by atoms with Crippen LogP contribution >= 0.6 is 15.9 Å². The minimum absolute atomic E-state index is 0.0810. The van der Waals surface area contributed by atoms with E-state index in [1.807, 2.05) is 6.07 Å². The van der Waals surface area contributed by atoms with E-state index in [-0.39, 0.29) is 22.7 Å². The van der Waals surface area contributed by atoms with Gasteiger partial charge in [0.1, 0.15) is 5.82 Å². The summed E-state index contributed by atoms with van der Waals surface area (Å²) in [5, 5.41) is 8.49. The molecule has 8 nitrogen and oxygen atoms in total. The number of aromatic nitrogens is 2. The lowest BCUT2D eigenvalue weighted by Crippen LogP contribution is -2.22. The number of halogens is 2. The third-order valence-electron chi connectivity index (χ3n) is 5.17. The number of benzene rings is 2. The van der Waals surface area contributed by atoms with E-state index in [2.05, 4.69) is 41.8 Å². The first-order valence-electron chi connectivity index (χ1n) is 10.7. The molecule has 0 saturated heterocycles. The average molecular weight is 538 g/mol. The van der Waals surface area contributed by atoms with Crippen LogP contribution in [0.3, 0.4) is 0 Å². The molecule has 0 aliphatic carbocycles. The zero-order chi connectivity index (χ0) is 24.9. The Labute approximate surface area is 208 Å². The van der Waals surface area contributed by atoms with Crippen molar-refractivity contribution in [3.05, 3.63) is 87.1 Å². The number of amides is 3. The van der Waals surface area contributed by atoms with E-state index in [4.69, 9.17) is 0 Å². The lowest BCUT2D eigenvalue weighted by Gasteiger charge is -2.12. The molecule has 0 unspecified atom stereocenters. The molecule has 3 amide bonds. The highest BCUT2D eigenvalue weighted by molar-refractivity contribution is 9.10. The average Bonchev–Trinajstić information content (AvgIpc) is 2.81. The maximum Gasteiger partial charge on any atom is 0.323 e. The van der Waals surface area contributed by atoms with Crippen molar-refractivity contribution in [2.45, 2.75) is 13.3 Å². The number of hydrogen-bond donors (Lipinski definition) is 4. The van der Waals surface area contributed by atoms with E-state index in [9.17, 15) is 18.8 Å². The van der Waals surface area contributed by atoms with Gasteiger partial charge in [0.2, 0.25) is 5.91 Å². The SMILES string of the molecule is CC(=O)NCCc1cc2[nH]c(=O)c(-c3cc(NC(=O)Nc4ccccc4)c(F)cc3Br)cc2cn1. The van der Waals surface area contributed by atoms with Gasteiger partial charge in [0.15, 0.2) is 0 Å². The van der Waals surface area contributed by atoms with Gasteiger partial charge in [-0.3, -0.25) is 14.6 Å². The van der Waals surface area contributed by atoms with Crippen molar-refractivity contribution < 1.29 is 14.0 Å². The molecule has 2 heterocycles. The van der Waals surface area contributed by atoms with Crippen LogP contribution in [0.15, 0.2) is 70.1 Å². The number of pyridine rings is 2. The Morgan fingerprint density at radius 3 is 2.57 bits per heavy atom. The summed E-state index contributed by atoms with van der Waals surface area (Å²) in [5.41, 5.74) is 2.07. The summed E-state index contributed by atoms with van der Waals surface area (Å²) < 4.78 is 15.0. The second-order valence-corrected chi connectivity index (χ2v) is 8.62. The lowest BCUT2D eigenvalue weighted by atomic mass is 10.0. The number of hydrogen-bond acceptors (Lipinski definition) is 4. The first kappa shape index (κ1) is 24.1. The topological polar surface area (TPSA) is 116 Å². The van der Waals surface area contributed by atoms with E-state index < -0.39 is 11.8 Å². The summed E-state index contributed by atoms with van der Waals surface area (Å²) in [6, 6.07) is 14.1. The van der Waals surface area contributed by atoms with Crippen molar-refractivity contribution in [1.29, 1.82) is 0 Å². The number of nitrogens with one attached hydrogen (secondary N) is 4. The van der Waals surface area contributed by atoms with Crippen molar-refractivity contribution in [3.8, 4) is 11.1 Å². The van der Waals surface area contributed by atoms with Crippen LogP contribution in [0.25, 0.3) is 22.0 Å². The lowest BCUT2D eigenvalue weighted by molar-refractivity contribution is -0.118. The maximum absolute atomic E-state index is 14.6.